The van der Waals surface area contributed by atoms with Crippen LogP contribution in [0.15, 0.2) is 47.3 Å². The number of carbonyl (C=O) groups excluding carboxylic acids is 1. The molecule has 2 aromatic carbocycles. The highest BCUT2D eigenvalue weighted by Crippen LogP contribution is 2.25. The van der Waals surface area contributed by atoms with Gasteiger partial charge in [0.2, 0.25) is 15.9 Å². The second-order valence-corrected chi connectivity index (χ2v) is 9.77. The third-order valence-corrected chi connectivity index (χ3v) is 6.82. The highest BCUT2D eigenvalue weighted by Gasteiger charge is 2.31. The number of hydrogen-bond acceptors (Lipinski definition) is 5. The molecule has 3 aromatic rings. The fourth-order valence-electron chi connectivity index (χ4n) is 3.26. The molecule has 1 atom stereocenters. The van der Waals surface area contributed by atoms with Crippen LogP contribution in [-0.2, 0) is 21.9 Å². The first-order chi connectivity index (χ1) is 13.6. The molecule has 0 spiro atoms. The fourth-order valence-corrected chi connectivity index (χ4v) is 5.38. The van der Waals surface area contributed by atoms with E-state index in [1.165, 1.54) is 0 Å². The quantitative estimate of drug-likeness (QED) is 0.647. The van der Waals surface area contributed by atoms with Gasteiger partial charge in [-0.05, 0) is 49.2 Å². The van der Waals surface area contributed by atoms with Gasteiger partial charge in [-0.15, -0.1) is 0 Å². The van der Waals surface area contributed by atoms with Crippen molar-refractivity contribution in [2.75, 3.05) is 15.9 Å². The zero-order valence-electron chi connectivity index (χ0n) is 16.7. The number of nitrogens with zero attached hydrogens (tertiary/aromatic N) is 2. The molecule has 1 N–H and O–H groups in total. The number of anilines is 2. The summed E-state index contributed by atoms with van der Waals surface area (Å²) in [5, 5.41) is 2.80. The Labute approximate surface area is 173 Å². The van der Waals surface area contributed by atoms with E-state index in [2.05, 4.69) is 5.32 Å². The van der Waals surface area contributed by atoms with Crippen molar-refractivity contribution in [1.29, 1.82) is 0 Å². The minimum atomic E-state index is -3.69. The van der Waals surface area contributed by atoms with Crippen molar-refractivity contribution in [3.63, 3.8) is 0 Å². The molecule has 1 amide bonds. The number of benzene rings is 2. The van der Waals surface area contributed by atoms with Crippen LogP contribution in [0.2, 0.25) is 0 Å². The lowest BCUT2D eigenvalue weighted by molar-refractivity contribution is -0.117. The summed E-state index contributed by atoms with van der Waals surface area (Å²) in [5.74, 6) is -0.429. The van der Waals surface area contributed by atoms with E-state index in [9.17, 15) is 18.0 Å². The van der Waals surface area contributed by atoms with Crippen LogP contribution in [0.1, 0.15) is 18.9 Å². The van der Waals surface area contributed by atoms with Gasteiger partial charge in [0.15, 0.2) is 0 Å². The number of aryl methyl sites for hydroxylation is 2. The van der Waals surface area contributed by atoms with E-state index in [-0.39, 0.29) is 4.87 Å². The van der Waals surface area contributed by atoms with Gasteiger partial charge in [0.25, 0.3) is 0 Å². The third kappa shape index (κ3) is 4.35. The first-order valence-electron chi connectivity index (χ1n) is 9.08. The molecule has 0 aliphatic heterocycles. The molecule has 1 heterocycles. The summed E-state index contributed by atoms with van der Waals surface area (Å²) in [5.41, 5.74) is 2.64. The number of sulfonamides is 1. The van der Waals surface area contributed by atoms with Gasteiger partial charge in [0.1, 0.15) is 6.04 Å². The number of hydrogen-bond donors (Lipinski definition) is 1. The van der Waals surface area contributed by atoms with E-state index >= 15 is 0 Å². The summed E-state index contributed by atoms with van der Waals surface area (Å²) in [6.07, 6.45) is 1.40. The zero-order valence-corrected chi connectivity index (χ0v) is 18.3. The maximum atomic E-state index is 13.0. The molecule has 29 heavy (non-hydrogen) atoms. The van der Waals surface area contributed by atoms with E-state index in [0.717, 1.165) is 37.7 Å². The van der Waals surface area contributed by atoms with Crippen LogP contribution in [-0.4, -0.2) is 31.2 Å². The Kier molecular flexibility index (Phi) is 5.81. The van der Waals surface area contributed by atoms with Crippen molar-refractivity contribution in [3.8, 4) is 0 Å². The third-order valence-electron chi connectivity index (χ3n) is 4.65. The van der Waals surface area contributed by atoms with E-state index in [1.807, 2.05) is 13.0 Å². The highest BCUT2D eigenvalue weighted by atomic mass is 32.2. The summed E-state index contributed by atoms with van der Waals surface area (Å²) >= 11 is 1.09. The number of carbonyl (C=O) groups is 1. The van der Waals surface area contributed by atoms with Crippen molar-refractivity contribution in [2.45, 2.75) is 26.3 Å². The maximum Gasteiger partial charge on any atom is 0.307 e. The average Bonchev–Trinajstić information content (AvgIpc) is 2.91. The minimum absolute atomic E-state index is 0.0855. The molecule has 0 fully saturated rings. The second kappa shape index (κ2) is 8.00. The van der Waals surface area contributed by atoms with E-state index in [0.29, 0.717) is 17.8 Å². The molecule has 3 rings (SSSR count). The van der Waals surface area contributed by atoms with E-state index < -0.39 is 22.0 Å². The zero-order chi connectivity index (χ0) is 21.3. The van der Waals surface area contributed by atoms with Crippen molar-refractivity contribution in [1.82, 2.24) is 4.57 Å². The minimum Gasteiger partial charge on any atom is -0.324 e. The van der Waals surface area contributed by atoms with Crippen LogP contribution in [0, 0.1) is 6.92 Å². The largest absolute Gasteiger partial charge is 0.324 e. The van der Waals surface area contributed by atoms with E-state index in [4.69, 9.17) is 0 Å². The fraction of sp³-hybridized carbons (Fsp3) is 0.300. The predicted octanol–water partition coefficient (Wildman–Crippen LogP) is 3.09. The maximum absolute atomic E-state index is 13.0. The van der Waals surface area contributed by atoms with Crippen LogP contribution in [0.5, 0.6) is 0 Å². The molecule has 154 valence electrons. The van der Waals surface area contributed by atoms with Gasteiger partial charge in [0, 0.05) is 12.7 Å². The Bertz CT molecular complexity index is 1230. The molecule has 1 unspecified atom stereocenters. The summed E-state index contributed by atoms with van der Waals surface area (Å²) in [6, 6.07) is 11.3. The second-order valence-electron chi connectivity index (χ2n) is 6.92. The molecule has 0 saturated heterocycles. The molecular formula is C20H23N3O4S2. The highest BCUT2D eigenvalue weighted by molar-refractivity contribution is 7.92. The number of amides is 1. The van der Waals surface area contributed by atoms with Crippen molar-refractivity contribution >= 4 is 48.9 Å². The summed E-state index contributed by atoms with van der Waals surface area (Å²) in [7, 11) is -2.00. The topological polar surface area (TPSA) is 88.5 Å². The van der Waals surface area contributed by atoms with Gasteiger partial charge < -0.3 is 9.88 Å². The molecular weight excluding hydrogens is 410 g/mol. The van der Waals surface area contributed by atoms with Crippen molar-refractivity contribution < 1.29 is 13.2 Å². The molecule has 0 saturated carbocycles. The summed E-state index contributed by atoms with van der Waals surface area (Å²) in [4.78, 5) is 24.8. The number of rotatable bonds is 6. The van der Waals surface area contributed by atoms with Gasteiger partial charge >= 0.3 is 4.87 Å². The van der Waals surface area contributed by atoms with E-state index in [1.54, 1.807) is 54.9 Å². The van der Waals surface area contributed by atoms with Gasteiger partial charge in [-0.3, -0.25) is 13.9 Å². The molecule has 0 bridgehead atoms. The lowest BCUT2D eigenvalue weighted by atomic mass is 10.1. The molecule has 1 aromatic heterocycles. The smallest absolute Gasteiger partial charge is 0.307 e. The SMILES string of the molecule is CCC(C(=O)Nc1ccc2c(c1)sc(=O)n2C)N(c1cccc(C)c1)S(C)(=O)=O. The number of thiazole rings is 1. The van der Waals surface area contributed by atoms with Gasteiger partial charge in [-0.25, -0.2) is 8.42 Å². The normalized spacial score (nSPS) is 12.7. The molecule has 0 aliphatic rings. The standard InChI is InChI=1S/C20H23N3O4S2/c1-5-16(23(29(4,26)27)15-8-6-7-13(2)11-15)19(24)21-14-9-10-17-18(12-14)28-20(25)22(17)3/h6-12,16H,5H2,1-4H3,(H,21,24). The lowest BCUT2D eigenvalue weighted by Crippen LogP contribution is -2.47. The monoisotopic (exact) mass is 433 g/mol. The Morgan fingerprint density at radius 2 is 1.97 bits per heavy atom. The van der Waals surface area contributed by atoms with Crippen LogP contribution < -0.4 is 14.5 Å². The molecule has 0 aliphatic carbocycles. The van der Waals surface area contributed by atoms with Crippen LogP contribution in [0.25, 0.3) is 10.2 Å². The number of nitrogens with one attached hydrogen (secondary N) is 1. The average molecular weight is 434 g/mol. The summed E-state index contributed by atoms with van der Waals surface area (Å²) in [6.45, 7) is 3.63. The Hall–Kier alpha value is -2.65. The Balaban J connectivity index is 1.95. The first kappa shape index (κ1) is 21.1. The Morgan fingerprint density at radius 1 is 1.24 bits per heavy atom. The molecule has 7 nitrogen and oxygen atoms in total. The van der Waals surface area contributed by atoms with Crippen molar-refractivity contribution in [2.24, 2.45) is 7.05 Å². The predicted molar refractivity (Wildman–Crippen MR) is 118 cm³/mol. The van der Waals surface area contributed by atoms with Gasteiger partial charge in [0.05, 0.1) is 22.2 Å². The van der Waals surface area contributed by atoms with Crippen LogP contribution in [0.4, 0.5) is 11.4 Å². The lowest BCUT2D eigenvalue weighted by Gasteiger charge is -2.30. The first-order valence-corrected chi connectivity index (χ1v) is 11.7. The molecule has 9 heteroatoms. The van der Waals surface area contributed by atoms with Gasteiger partial charge in [-0.2, -0.15) is 0 Å². The van der Waals surface area contributed by atoms with Gasteiger partial charge in [-0.1, -0.05) is 30.4 Å². The summed E-state index contributed by atoms with van der Waals surface area (Å²) < 4.78 is 28.5. The molecule has 0 radical (unpaired) electrons. The van der Waals surface area contributed by atoms with Crippen molar-refractivity contribution in [3.05, 3.63) is 57.7 Å². The van der Waals surface area contributed by atoms with Crippen LogP contribution >= 0.6 is 11.3 Å². The Morgan fingerprint density at radius 3 is 2.59 bits per heavy atom. The number of fused-ring (bicyclic) bond motifs is 1. The number of aromatic nitrogens is 1. The van der Waals surface area contributed by atoms with Crippen LogP contribution in [0.3, 0.4) is 0 Å².